The van der Waals surface area contributed by atoms with Crippen molar-refractivity contribution in [2.75, 3.05) is 11.9 Å². The largest absolute Gasteiger partial charge is 0.433 e. The van der Waals surface area contributed by atoms with Crippen molar-refractivity contribution in [1.82, 2.24) is 24.5 Å². The molecule has 1 N–H and O–H groups in total. The lowest BCUT2D eigenvalue weighted by Crippen LogP contribution is -2.30. The second-order valence-electron chi connectivity index (χ2n) is 5.82. The second-order valence-corrected chi connectivity index (χ2v) is 5.82. The van der Waals surface area contributed by atoms with Gasteiger partial charge < -0.3 is 10.2 Å². The van der Waals surface area contributed by atoms with Gasteiger partial charge in [-0.2, -0.15) is 27.8 Å². The SMILES string of the molecule is O=C1CC(Nc2cc(C(F)(F)F)nc3ncnn23)CN1C1CC1. The van der Waals surface area contributed by atoms with Gasteiger partial charge in [0.2, 0.25) is 5.91 Å². The fourth-order valence-corrected chi connectivity index (χ4v) is 2.84. The fraction of sp³-hybridized carbons (Fsp3) is 0.538. The number of rotatable bonds is 3. The Hall–Kier alpha value is -2.39. The number of alkyl halides is 3. The van der Waals surface area contributed by atoms with Gasteiger partial charge >= 0.3 is 6.18 Å². The number of fused-ring (bicyclic) bond motifs is 1. The minimum atomic E-state index is -4.57. The summed E-state index contributed by atoms with van der Waals surface area (Å²) >= 11 is 0. The molecule has 1 unspecified atom stereocenters. The quantitative estimate of drug-likeness (QED) is 0.921. The standard InChI is InChI=1S/C13H13F3N6O/c14-13(15,16)9-4-10(22-12(20-9)17-6-18-22)19-7-3-11(23)21(5-7)8-1-2-8/h4,6-8,19H,1-3,5H2. The van der Waals surface area contributed by atoms with Crippen LogP contribution in [-0.4, -0.2) is 49.0 Å². The number of carbonyl (C=O) groups excluding carboxylic acids is 1. The third kappa shape index (κ3) is 2.57. The summed E-state index contributed by atoms with van der Waals surface area (Å²) in [5.41, 5.74) is -1.04. The van der Waals surface area contributed by atoms with Crippen molar-refractivity contribution in [3.05, 3.63) is 18.1 Å². The Labute approximate surface area is 128 Å². The number of likely N-dealkylation sites (tertiary alicyclic amines) is 1. The molecule has 0 bridgehead atoms. The number of hydrogen-bond acceptors (Lipinski definition) is 5. The van der Waals surface area contributed by atoms with E-state index < -0.39 is 11.9 Å². The third-order valence-electron chi connectivity index (χ3n) is 4.04. The monoisotopic (exact) mass is 326 g/mol. The number of nitrogens with zero attached hydrogens (tertiary/aromatic N) is 5. The second kappa shape index (κ2) is 4.80. The molecule has 2 aromatic rings. The van der Waals surface area contributed by atoms with E-state index in [1.54, 1.807) is 4.90 Å². The lowest BCUT2D eigenvalue weighted by Gasteiger charge is -2.17. The molecule has 122 valence electrons. The smallest absolute Gasteiger partial charge is 0.365 e. The van der Waals surface area contributed by atoms with Crippen LogP contribution in [0.4, 0.5) is 19.0 Å². The van der Waals surface area contributed by atoms with Crippen molar-refractivity contribution < 1.29 is 18.0 Å². The van der Waals surface area contributed by atoms with Crippen molar-refractivity contribution >= 4 is 17.5 Å². The predicted octanol–water partition coefficient (Wildman–Crippen LogP) is 1.32. The number of nitrogens with one attached hydrogen (secondary N) is 1. The van der Waals surface area contributed by atoms with Gasteiger partial charge in [0.1, 0.15) is 12.1 Å². The summed E-state index contributed by atoms with van der Waals surface area (Å²) in [7, 11) is 0. The molecule has 4 rings (SSSR count). The first-order valence-corrected chi connectivity index (χ1v) is 7.26. The molecule has 1 saturated heterocycles. The van der Waals surface area contributed by atoms with Crippen molar-refractivity contribution in [3.8, 4) is 0 Å². The summed E-state index contributed by atoms with van der Waals surface area (Å²) in [6.07, 6.45) is -1.17. The molecule has 1 atom stereocenters. The molecule has 1 aliphatic heterocycles. The molecule has 0 aromatic carbocycles. The van der Waals surface area contributed by atoms with Gasteiger partial charge in [-0.25, -0.2) is 4.98 Å². The van der Waals surface area contributed by atoms with Gasteiger partial charge in [-0.3, -0.25) is 4.79 Å². The van der Waals surface area contributed by atoms with Gasteiger partial charge in [-0.15, -0.1) is 0 Å². The highest BCUT2D eigenvalue weighted by atomic mass is 19.4. The highest BCUT2D eigenvalue weighted by molar-refractivity contribution is 5.80. The van der Waals surface area contributed by atoms with E-state index in [2.05, 4.69) is 20.4 Å². The number of hydrogen-bond donors (Lipinski definition) is 1. The molecule has 0 radical (unpaired) electrons. The van der Waals surface area contributed by atoms with Crippen LogP contribution in [0.25, 0.3) is 5.78 Å². The van der Waals surface area contributed by atoms with Crippen molar-refractivity contribution in [2.24, 2.45) is 0 Å². The minimum absolute atomic E-state index is 0.0323. The number of halogens is 3. The summed E-state index contributed by atoms with van der Waals surface area (Å²) in [6.45, 7) is 0.489. The van der Waals surface area contributed by atoms with Gasteiger partial charge in [0.15, 0.2) is 5.69 Å². The zero-order valence-electron chi connectivity index (χ0n) is 11.9. The van der Waals surface area contributed by atoms with Crippen molar-refractivity contribution in [1.29, 1.82) is 0 Å². The third-order valence-corrected chi connectivity index (χ3v) is 4.04. The Morgan fingerprint density at radius 2 is 2.09 bits per heavy atom. The first-order valence-electron chi connectivity index (χ1n) is 7.26. The highest BCUT2D eigenvalue weighted by Crippen LogP contribution is 2.32. The Bertz CT molecular complexity index is 769. The van der Waals surface area contributed by atoms with Gasteiger partial charge in [-0.1, -0.05) is 0 Å². The maximum atomic E-state index is 12.9. The number of anilines is 1. The normalized spacial score (nSPS) is 22.1. The molecule has 1 aliphatic carbocycles. The van der Waals surface area contributed by atoms with Gasteiger partial charge in [0, 0.05) is 25.1 Å². The zero-order valence-corrected chi connectivity index (χ0v) is 11.9. The number of amides is 1. The van der Waals surface area contributed by atoms with E-state index >= 15 is 0 Å². The van der Waals surface area contributed by atoms with E-state index in [1.807, 2.05) is 0 Å². The van der Waals surface area contributed by atoms with Gasteiger partial charge in [-0.05, 0) is 12.8 Å². The molecular weight excluding hydrogens is 313 g/mol. The average molecular weight is 326 g/mol. The van der Waals surface area contributed by atoms with Crippen molar-refractivity contribution in [2.45, 2.75) is 37.5 Å². The van der Waals surface area contributed by atoms with E-state index in [0.717, 1.165) is 25.2 Å². The molecule has 3 heterocycles. The number of aromatic nitrogens is 4. The van der Waals surface area contributed by atoms with Crippen molar-refractivity contribution in [3.63, 3.8) is 0 Å². The molecule has 0 spiro atoms. The molecule has 1 saturated carbocycles. The summed E-state index contributed by atoms with van der Waals surface area (Å²) in [5.74, 6) is 0.0332. The topological polar surface area (TPSA) is 75.4 Å². The first kappa shape index (κ1) is 14.2. The lowest BCUT2D eigenvalue weighted by molar-refractivity contribution is -0.141. The Kier molecular flexibility index (Phi) is 2.97. The molecular formula is C13H13F3N6O. The van der Waals surface area contributed by atoms with Crippen LogP contribution in [0.2, 0.25) is 0 Å². The summed E-state index contributed by atoms with van der Waals surface area (Å²) < 4.78 is 40.0. The molecule has 2 aromatic heterocycles. The maximum absolute atomic E-state index is 12.9. The molecule has 2 fully saturated rings. The molecule has 2 aliphatic rings. The molecule has 10 heteroatoms. The van der Waals surface area contributed by atoms with E-state index in [-0.39, 0.29) is 30.0 Å². The maximum Gasteiger partial charge on any atom is 0.433 e. The van der Waals surface area contributed by atoms with Crippen LogP contribution in [0.5, 0.6) is 0 Å². The Morgan fingerprint density at radius 3 is 2.78 bits per heavy atom. The average Bonchev–Trinajstić information content (AvgIpc) is 3.08. The molecule has 7 nitrogen and oxygen atoms in total. The molecule has 1 amide bonds. The van der Waals surface area contributed by atoms with E-state index in [9.17, 15) is 18.0 Å². The minimum Gasteiger partial charge on any atom is -0.365 e. The van der Waals surface area contributed by atoms with Crippen LogP contribution in [-0.2, 0) is 11.0 Å². The molecule has 23 heavy (non-hydrogen) atoms. The van der Waals surface area contributed by atoms with Gasteiger partial charge in [0.25, 0.3) is 5.78 Å². The van der Waals surface area contributed by atoms with E-state index in [0.29, 0.717) is 12.6 Å². The van der Waals surface area contributed by atoms with Crippen LogP contribution in [0.1, 0.15) is 25.0 Å². The Morgan fingerprint density at radius 1 is 1.30 bits per heavy atom. The van der Waals surface area contributed by atoms with Gasteiger partial charge in [0.05, 0.1) is 6.04 Å². The lowest BCUT2D eigenvalue weighted by atomic mass is 10.2. The fourth-order valence-electron chi connectivity index (χ4n) is 2.84. The van der Waals surface area contributed by atoms with Crippen LogP contribution in [0, 0.1) is 0 Å². The Balaban J connectivity index is 1.63. The highest BCUT2D eigenvalue weighted by Gasteiger charge is 2.40. The van der Waals surface area contributed by atoms with Crippen LogP contribution in [0.15, 0.2) is 12.4 Å². The summed E-state index contributed by atoms with van der Waals surface area (Å²) in [5, 5.41) is 6.87. The van der Waals surface area contributed by atoms with Crippen LogP contribution < -0.4 is 5.32 Å². The summed E-state index contributed by atoms with van der Waals surface area (Å²) in [6, 6.07) is 0.939. The van der Waals surface area contributed by atoms with E-state index in [1.165, 1.54) is 4.52 Å². The summed E-state index contributed by atoms with van der Waals surface area (Å²) in [4.78, 5) is 20.9. The first-order chi connectivity index (χ1) is 10.9. The predicted molar refractivity (Wildman–Crippen MR) is 72.5 cm³/mol. The zero-order chi connectivity index (χ0) is 16.2. The van der Waals surface area contributed by atoms with Crippen LogP contribution in [0.3, 0.4) is 0 Å². The van der Waals surface area contributed by atoms with Crippen LogP contribution >= 0.6 is 0 Å². The number of carbonyl (C=O) groups is 1. The van der Waals surface area contributed by atoms with E-state index in [4.69, 9.17) is 0 Å².